The molecule has 0 aromatic rings. The number of aliphatic hydroxyl groups is 1. The number of carbonyl (C=O) groups excluding carboxylic acids is 1. The van der Waals surface area contributed by atoms with E-state index in [9.17, 15) is 9.90 Å². The van der Waals surface area contributed by atoms with Gasteiger partial charge < -0.3 is 10.8 Å². The summed E-state index contributed by atoms with van der Waals surface area (Å²) in [6.07, 6.45) is 6.14. The Morgan fingerprint density at radius 1 is 1.39 bits per heavy atom. The van der Waals surface area contributed by atoms with Gasteiger partial charge >= 0.3 is 0 Å². The molecule has 2 unspecified atom stereocenters. The van der Waals surface area contributed by atoms with Crippen LogP contribution in [0.2, 0.25) is 0 Å². The first-order valence-electron chi connectivity index (χ1n) is 6.68. The molecule has 0 radical (unpaired) electrons. The Balaban J connectivity index is 2.35. The standard InChI is InChI=1S/C13H25NO2S2/c1-13(2,8-7-12(14)16)18-17-11-6-4-3-5-10(11)9-15/h10-11,15H,3-9H2,1-2H3,(H2,14,16). The number of hydrogen-bond donors (Lipinski definition) is 2. The molecule has 0 saturated heterocycles. The van der Waals surface area contributed by atoms with Crippen LogP contribution in [0.3, 0.4) is 0 Å². The summed E-state index contributed by atoms with van der Waals surface area (Å²) in [5, 5.41) is 9.94. The van der Waals surface area contributed by atoms with Crippen molar-refractivity contribution >= 4 is 27.5 Å². The summed E-state index contributed by atoms with van der Waals surface area (Å²) in [5.74, 6) is 0.225. The van der Waals surface area contributed by atoms with E-state index in [1.807, 2.05) is 21.6 Å². The molecule has 0 bridgehead atoms. The largest absolute Gasteiger partial charge is 0.396 e. The molecule has 0 spiro atoms. The first-order chi connectivity index (χ1) is 8.44. The maximum atomic E-state index is 10.8. The highest BCUT2D eigenvalue weighted by molar-refractivity contribution is 8.77. The van der Waals surface area contributed by atoms with Crippen molar-refractivity contribution in [3.63, 3.8) is 0 Å². The normalized spacial score (nSPS) is 25.1. The Morgan fingerprint density at radius 2 is 2.06 bits per heavy atom. The summed E-state index contributed by atoms with van der Waals surface area (Å²) in [7, 11) is 3.74. The zero-order valence-corrected chi connectivity index (χ0v) is 13.0. The third kappa shape index (κ3) is 5.85. The molecule has 0 aliphatic heterocycles. The molecular weight excluding hydrogens is 266 g/mol. The molecule has 1 rings (SSSR count). The van der Waals surface area contributed by atoms with Gasteiger partial charge in [-0.25, -0.2) is 0 Å². The second-order valence-corrected chi connectivity index (χ2v) is 8.82. The van der Waals surface area contributed by atoms with Crippen LogP contribution in [0.1, 0.15) is 52.4 Å². The van der Waals surface area contributed by atoms with Crippen molar-refractivity contribution < 1.29 is 9.90 Å². The maximum absolute atomic E-state index is 10.8. The van der Waals surface area contributed by atoms with Crippen molar-refractivity contribution in [3.05, 3.63) is 0 Å². The average Bonchev–Trinajstić information content (AvgIpc) is 2.34. The highest BCUT2D eigenvalue weighted by atomic mass is 33.1. The van der Waals surface area contributed by atoms with Crippen molar-refractivity contribution in [1.82, 2.24) is 0 Å². The van der Waals surface area contributed by atoms with E-state index in [1.54, 1.807) is 0 Å². The second kappa shape index (κ2) is 7.65. The molecule has 5 heteroatoms. The zero-order valence-electron chi connectivity index (χ0n) is 11.4. The third-order valence-electron chi connectivity index (χ3n) is 3.44. The maximum Gasteiger partial charge on any atom is 0.217 e. The van der Waals surface area contributed by atoms with Crippen LogP contribution in [0.25, 0.3) is 0 Å². The number of carbonyl (C=O) groups is 1. The van der Waals surface area contributed by atoms with Crippen LogP contribution in [-0.2, 0) is 4.79 Å². The lowest BCUT2D eigenvalue weighted by Gasteiger charge is -2.32. The molecule has 1 aliphatic carbocycles. The van der Waals surface area contributed by atoms with Crippen LogP contribution in [0.4, 0.5) is 0 Å². The number of amides is 1. The van der Waals surface area contributed by atoms with Crippen molar-refractivity contribution in [2.24, 2.45) is 11.7 Å². The number of aliphatic hydroxyl groups excluding tert-OH is 1. The van der Waals surface area contributed by atoms with Crippen LogP contribution in [0.5, 0.6) is 0 Å². The van der Waals surface area contributed by atoms with Crippen molar-refractivity contribution in [2.75, 3.05) is 6.61 Å². The second-order valence-electron chi connectivity index (χ2n) is 5.67. The highest BCUT2D eigenvalue weighted by Gasteiger charge is 2.28. The van der Waals surface area contributed by atoms with Gasteiger partial charge in [0.1, 0.15) is 0 Å². The van der Waals surface area contributed by atoms with Gasteiger partial charge in [0, 0.05) is 23.0 Å². The van der Waals surface area contributed by atoms with E-state index < -0.39 is 0 Å². The van der Waals surface area contributed by atoms with Gasteiger partial charge in [-0.05, 0) is 39.0 Å². The smallest absolute Gasteiger partial charge is 0.217 e. The van der Waals surface area contributed by atoms with E-state index in [-0.39, 0.29) is 10.7 Å². The minimum absolute atomic E-state index is 0.0666. The Hall–Kier alpha value is 0.130. The molecule has 106 valence electrons. The summed E-state index contributed by atoms with van der Waals surface area (Å²) in [4.78, 5) is 10.8. The molecule has 1 aliphatic rings. The number of rotatable bonds is 7. The molecule has 1 saturated carbocycles. The monoisotopic (exact) mass is 291 g/mol. The van der Waals surface area contributed by atoms with Gasteiger partial charge in [0.2, 0.25) is 5.91 Å². The predicted octanol–water partition coefficient (Wildman–Crippen LogP) is 2.96. The Labute approximate surface area is 118 Å². The van der Waals surface area contributed by atoms with E-state index >= 15 is 0 Å². The molecule has 18 heavy (non-hydrogen) atoms. The number of nitrogens with two attached hydrogens (primary N) is 1. The summed E-state index contributed by atoms with van der Waals surface area (Å²) in [5.41, 5.74) is 5.19. The minimum Gasteiger partial charge on any atom is -0.396 e. The quantitative estimate of drug-likeness (QED) is 0.708. The Morgan fingerprint density at radius 3 is 2.67 bits per heavy atom. The fourth-order valence-electron chi connectivity index (χ4n) is 2.17. The molecule has 1 fully saturated rings. The fraction of sp³-hybridized carbons (Fsp3) is 0.923. The zero-order chi connectivity index (χ0) is 13.6. The molecule has 0 heterocycles. The average molecular weight is 291 g/mol. The van der Waals surface area contributed by atoms with Crippen LogP contribution in [0.15, 0.2) is 0 Å². The van der Waals surface area contributed by atoms with Crippen LogP contribution < -0.4 is 5.73 Å². The molecule has 2 atom stereocenters. The van der Waals surface area contributed by atoms with Gasteiger partial charge in [0.15, 0.2) is 0 Å². The van der Waals surface area contributed by atoms with Crippen LogP contribution in [0, 0.1) is 5.92 Å². The number of primary amides is 1. The van der Waals surface area contributed by atoms with Gasteiger partial charge in [0.25, 0.3) is 0 Å². The summed E-state index contributed by atoms with van der Waals surface area (Å²) in [6.45, 7) is 4.62. The Bertz CT molecular complexity index is 272. The number of hydrogen-bond acceptors (Lipinski definition) is 4. The highest BCUT2D eigenvalue weighted by Crippen LogP contribution is 2.46. The van der Waals surface area contributed by atoms with Gasteiger partial charge in [-0.15, -0.1) is 0 Å². The lowest BCUT2D eigenvalue weighted by molar-refractivity contribution is -0.118. The predicted molar refractivity (Wildman–Crippen MR) is 80.5 cm³/mol. The Kier molecular flexibility index (Phi) is 6.88. The summed E-state index contributed by atoms with van der Waals surface area (Å²) in [6, 6.07) is 0. The molecule has 0 aromatic heterocycles. The van der Waals surface area contributed by atoms with Gasteiger partial charge in [-0.3, -0.25) is 4.79 Å². The molecule has 3 N–H and O–H groups in total. The SMILES string of the molecule is CC(C)(CCC(N)=O)SSC1CCCCC1CO. The summed E-state index contributed by atoms with van der Waals surface area (Å²) >= 11 is 0. The lowest BCUT2D eigenvalue weighted by atomic mass is 9.89. The minimum atomic E-state index is -0.223. The van der Waals surface area contributed by atoms with E-state index in [1.165, 1.54) is 19.3 Å². The fourth-order valence-corrected chi connectivity index (χ4v) is 5.54. The van der Waals surface area contributed by atoms with E-state index in [0.717, 1.165) is 12.8 Å². The topological polar surface area (TPSA) is 63.3 Å². The van der Waals surface area contributed by atoms with Crippen molar-refractivity contribution in [1.29, 1.82) is 0 Å². The van der Waals surface area contributed by atoms with E-state index in [4.69, 9.17) is 5.73 Å². The van der Waals surface area contributed by atoms with Crippen molar-refractivity contribution in [3.8, 4) is 0 Å². The van der Waals surface area contributed by atoms with Crippen LogP contribution >= 0.6 is 21.6 Å². The lowest BCUT2D eigenvalue weighted by Crippen LogP contribution is -2.25. The first kappa shape index (κ1) is 16.2. The van der Waals surface area contributed by atoms with Gasteiger partial charge in [-0.1, -0.05) is 34.4 Å². The van der Waals surface area contributed by atoms with Crippen molar-refractivity contribution in [2.45, 2.75) is 62.4 Å². The van der Waals surface area contributed by atoms with Gasteiger partial charge in [0.05, 0.1) is 0 Å². The molecular formula is C13H25NO2S2. The molecule has 3 nitrogen and oxygen atoms in total. The third-order valence-corrected chi connectivity index (χ3v) is 7.45. The van der Waals surface area contributed by atoms with E-state index in [0.29, 0.717) is 24.2 Å². The summed E-state index contributed by atoms with van der Waals surface area (Å²) < 4.78 is 0.0666. The van der Waals surface area contributed by atoms with Gasteiger partial charge in [-0.2, -0.15) is 0 Å². The van der Waals surface area contributed by atoms with E-state index in [2.05, 4.69) is 13.8 Å². The first-order valence-corrected chi connectivity index (χ1v) is 8.89. The molecule has 1 amide bonds. The van der Waals surface area contributed by atoms with Crippen LogP contribution in [-0.4, -0.2) is 27.6 Å². The molecule has 0 aromatic carbocycles.